The van der Waals surface area contributed by atoms with Crippen molar-refractivity contribution in [3.63, 3.8) is 0 Å². The molecule has 0 aromatic heterocycles. The number of hydrogen-bond acceptors (Lipinski definition) is 1. The zero-order valence-electron chi connectivity index (χ0n) is 10.6. The standard InChI is InChI=1S/C14H27N/c1-5-12(2)14(4)13(3)10-8-6-7-9-11-15/h6,8,13-14H,2,5,7,9-11,15H2,1,3-4H3/b8-6-. The average molecular weight is 209 g/mol. The Balaban J connectivity index is 3.77. The fourth-order valence-corrected chi connectivity index (χ4v) is 1.59. The zero-order chi connectivity index (χ0) is 11.7. The van der Waals surface area contributed by atoms with Crippen molar-refractivity contribution < 1.29 is 0 Å². The van der Waals surface area contributed by atoms with Crippen molar-refractivity contribution in [1.82, 2.24) is 0 Å². The summed E-state index contributed by atoms with van der Waals surface area (Å²) in [5, 5.41) is 0. The predicted molar refractivity (Wildman–Crippen MR) is 69.8 cm³/mol. The van der Waals surface area contributed by atoms with Gasteiger partial charge in [-0.1, -0.05) is 45.1 Å². The molecule has 0 aliphatic carbocycles. The van der Waals surface area contributed by atoms with E-state index in [1.54, 1.807) is 0 Å². The molecule has 0 rings (SSSR count). The Morgan fingerprint density at radius 2 is 2.00 bits per heavy atom. The molecular formula is C14H27N. The van der Waals surface area contributed by atoms with E-state index in [9.17, 15) is 0 Å². The molecule has 0 aliphatic rings. The number of unbranched alkanes of at least 4 members (excludes halogenated alkanes) is 1. The van der Waals surface area contributed by atoms with Crippen molar-refractivity contribution in [3.8, 4) is 0 Å². The van der Waals surface area contributed by atoms with Gasteiger partial charge in [0.25, 0.3) is 0 Å². The largest absolute Gasteiger partial charge is 0.330 e. The first-order valence-corrected chi connectivity index (χ1v) is 6.16. The summed E-state index contributed by atoms with van der Waals surface area (Å²) in [5.41, 5.74) is 6.80. The van der Waals surface area contributed by atoms with Crippen molar-refractivity contribution in [2.24, 2.45) is 17.6 Å². The molecule has 1 heteroatoms. The third kappa shape index (κ3) is 6.51. The van der Waals surface area contributed by atoms with Crippen molar-refractivity contribution in [2.45, 2.75) is 46.5 Å². The van der Waals surface area contributed by atoms with Gasteiger partial charge in [-0.25, -0.2) is 0 Å². The van der Waals surface area contributed by atoms with E-state index in [2.05, 4.69) is 39.5 Å². The van der Waals surface area contributed by atoms with Gasteiger partial charge >= 0.3 is 0 Å². The molecule has 15 heavy (non-hydrogen) atoms. The molecule has 0 radical (unpaired) electrons. The smallest absolute Gasteiger partial charge is 0.00743 e. The molecule has 0 saturated heterocycles. The summed E-state index contributed by atoms with van der Waals surface area (Å²) in [4.78, 5) is 0. The summed E-state index contributed by atoms with van der Waals surface area (Å²) in [6, 6.07) is 0. The van der Waals surface area contributed by atoms with Gasteiger partial charge in [0.05, 0.1) is 0 Å². The first-order valence-electron chi connectivity index (χ1n) is 6.16. The van der Waals surface area contributed by atoms with Crippen LogP contribution in [0.2, 0.25) is 0 Å². The Morgan fingerprint density at radius 1 is 1.33 bits per heavy atom. The second-order valence-corrected chi connectivity index (χ2v) is 4.42. The molecule has 0 bridgehead atoms. The highest BCUT2D eigenvalue weighted by atomic mass is 14.5. The number of allylic oxidation sites excluding steroid dienone is 3. The SMILES string of the molecule is C=C(CC)C(C)C(C)C/C=C\CCCN. The van der Waals surface area contributed by atoms with Crippen molar-refractivity contribution in [2.75, 3.05) is 6.54 Å². The quantitative estimate of drug-likeness (QED) is 0.476. The van der Waals surface area contributed by atoms with Gasteiger partial charge in [-0.2, -0.15) is 0 Å². The first kappa shape index (κ1) is 14.4. The summed E-state index contributed by atoms with van der Waals surface area (Å²) < 4.78 is 0. The molecule has 0 aromatic carbocycles. The van der Waals surface area contributed by atoms with Gasteiger partial charge in [-0.05, 0) is 44.1 Å². The average Bonchev–Trinajstić information content (AvgIpc) is 2.26. The van der Waals surface area contributed by atoms with Crippen LogP contribution in [0.4, 0.5) is 0 Å². The third-order valence-electron chi connectivity index (χ3n) is 3.20. The molecule has 88 valence electrons. The molecule has 0 heterocycles. The molecule has 0 fully saturated rings. The van der Waals surface area contributed by atoms with Gasteiger partial charge in [-0.3, -0.25) is 0 Å². The van der Waals surface area contributed by atoms with Gasteiger partial charge in [0, 0.05) is 0 Å². The fraction of sp³-hybridized carbons (Fsp3) is 0.714. The second kappa shape index (κ2) is 8.72. The minimum Gasteiger partial charge on any atom is -0.330 e. The van der Waals surface area contributed by atoms with Crippen LogP contribution in [0.15, 0.2) is 24.3 Å². The minimum absolute atomic E-state index is 0.633. The summed E-state index contributed by atoms with van der Waals surface area (Å²) >= 11 is 0. The van der Waals surface area contributed by atoms with Crippen LogP contribution in [-0.4, -0.2) is 6.54 Å². The monoisotopic (exact) mass is 209 g/mol. The summed E-state index contributed by atoms with van der Waals surface area (Å²) in [6.07, 6.45) is 9.02. The van der Waals surface area contributed by atoms with Crippen LogP contribution in [0.25, 0.3) is 0 Å². The van der Waals surface area contributed by atoms with Crippen LogP contribution in [-0.2, 0) is 0 Å². The first-order chi connectivity index (χ1) is 7.13. The van der Waals surface area contributed by atoms with Gasteiger partial charge in [-0.15, -0.1) is 0 Å². The molecule has 0 spiro atoms. The van der Waals surface area contributed by atoms with Crippen molar-refractivity contribution in [3.05, 3.63) is 24.3 Å². The predicted octanol–water partition coefficient (Wildman–Crippen LogP) is 3.91. The molecule has 2 unspecified atom stereocenters. The van der Waals surface area contributed by atoms with E-state index >= 15 is 0 Å². The van der Waals surface area contributed by atoms with Crippen molar-refractivity contribution in [1.29, 1.82) is 0 Å². The Bertz CT molecular complexity index is 194. The van der Waals surface area contributed by atoms with E-state index in [-0.39, 0.29) is 0 Å². The van der Waals surface area contributed by atoms with E-state index in [0.29, 0.717) is 11.8 Å². The van der Waals surface area contributed by atoms with E-state index in [1.807, 2.05) is 0 Å². The third-order valence-corrected chi connectivity index (χ3v) is 3.20. The molecule has 2 atom stereocenters. The van der Waals surface area contributed by atoms with Crippen LogP contribution in [0.1, 0.15) is 46.5 Å². The Morgan fingerprint density at radius 3 is 2.53 bits per heavy atom. The molecule has 0 amide bonds. The van der Waals surface area contributed by atoms with Crippen LogP contribution < -0.4 is 5.73 Å². The lowest BCUT2D eigenvalue weighted by molar-refractivity contribution is 0.437. The van der Waals surface area contributed by atoms with Gasteiger partial charge in [0.15, 0.2) is 0 Å². The van der Waals surface area contributed by atoms with E-state index in [1.165, 1.54) is 5.57 Å². The van der Waals surface area contributed by atoms with Crippen LogP contribution in [0.3, 0.4) is 0 Å². The molecule has 2 N–H and O–H groups in total. The highest BCUT2D eigenvalue weighted by molar-refractivity contribution is 5.00. The van der Waals surface area contributed by atoms with Crippen LogP contribution >= 0.6 is 0 Å². The molecule has 1 nitrogen and oxygen atoms in total. The Labute approximate surface area is 95.4 Å². The van der Waals surface area contributed by atoms with Gasteiger partial charge < -0.3 is 5.73 Å². The Kier molecular flexibility index (Phi) is 8.40. The lowest BCUT2D eigenvalue weighted by atomic mass is 9.86. The van der Waals surface area contributed by atoms with Crippen LogP contribution in [0, 0.1) is 11.8 Å². The lowest BCUT2D eigenvalue weighted by Gasteiger charge is -2.20. The van der Waals surface area contributed by atoms with Crippen molar-refractivity contribution >= 4 is 0 Å². The molecular weight excluding hydrogens is 182 g/mol. The molecule has 0 saturated carbocycles. The van der Waals surface area contributed by atoms with Gasteiger partial charge in [0.1, 0.15) is 0 Å². The molecule has 0 aliphatic heterocycles. The number of nitrogens with two attached hydrogens (primary N) is 1. The zero-order valence-corrected chi connectivity index (χ0v) is 10.6. The van der Waals surface area contributed by atoms with E-state index in [4.69, 9.17) is 5.73 Å². The fourth-order valence-electron chi connectivity index (χ4n) is 1.59. The Hall–Kier alpha value is -0.560. The summed E-state index contributed by atoms with van der Waals surface area (Å²) in [6.45, 7) is 11.7. The number of hydrogen-bond donors (Lipinski definition) is 1. The lowest BCUT2D eigenvalue weighted by Crippen LogP contribution is -2.08. The highest BCUT2D eigenvalue weighted by Crippen LogP contribution is 2.24. The second-order valence-electron chi connectivity index (χ2n) is 4.42. The summed E-state index contributed by atoms with van der Waals surface area (Å²) in [7, 11) is 0. The van der Waals surface area contributed by atoms with Gasteiger partial charge in [0.2, 0.25) is 0 Å². The maximum atomic E-state index is 5.43. The number of rotatable bonds is 8. The highest BCUT2D eigenvalue weighted by Gasteiger charge is 2.12. The maximum Gasteiger partial charge on any atom is -0.00743 e. The summed E-state index contributed by atoms with van der Waals surface area (Å²) in [5.74, 6) is 1.33. The molecule has 0 aromatic rings. The normalized spacial score (nSPS) is 15.5. The minimum atomic E-state index is 0.633. The van der Waals surface area contributed by atoms with E-state index < -0.39 is 0 Å². The van der Waals surface area contributed by atoms with Crippen LogP contribution in [0.5, 0.6) is 0 Å². The topological polar surface area (TPSA) is 26.0 Å². The maximum absolute atomic E-state index is 5.43. The van der Waals surface area contributed by atoms with E-state index in [0.717, 1.165) is 32.2 Å².